The van der Waals surface area contributed by atoms with Gasteiger partial charge in [0.25, 0.3) is 0 Å². The van der Waals surface area contributed by atoms with E-state index in [1.165, 1.54) is 6.42 Å². The zero-order chi connectivity index (χ0) is 15.5. The molecule has 1 aromatic carbocycles. The Kier molecular flexibility index (Phi) is 4.91. The molecule has 0 saturated heterocycles. The average Bonchev–Trinajstić information content (AvgIpc) is 2.37. The van der Waals surface area contributed by atoms with E-state index in [-0.39, 0.29) is 16.5 Å². The molecular formula is C15H24N2O3S. The molecule has 0 aromatic heterocycles. The summed E-state index contributed by atoms with van der Waals surface area (Å²) >= 11 is 0. The topological polar surface area (TPSA) is 67.4 Å². The molecule has 2 rings (SSSR count). The van der Waals surface area contributed by atoms with E-state index < -0.39 is 10.0 Å². The molecular weight excluding hydrogens is 288 g/mol. The van der Waals surface area contributed by atoms with Gasteiger partial charge in [-0.1, -0.05) is 0 Å². The summed E-state index contributed by atoms with van der Waals surface area (Å²) < 4.78 is 32.2. The summed E-state index contributed by atoms with van der Waals surface area (Å²) in [4.78, 5) is 0.284. The molecule has 0 amide bonds. The molecule has 5 nitrogen and oxygen atoms in total. The van der Waals surface area contributed by atoms with Gasteiger partial charge in [0.15, 0.2) is 0 Å². The molecule has 0 aliphatic heterocycles. The number of nitrogens with one attached hydrogen (secondary N) is 2. The number of methoxy groups -OCH3 is 1. The number of benzene rings is 1. The van der Waals surface area contributed by atoms with Gasteiger partial charge in [0.2, 0.25) is 10.0 Å². The molecule has 0 unspecified atom stereocenters. The molecule has 0 spiro atoms. The van der Waals surface area contributed by atoms with Crippen molar-refractivity contribution in [1.82, 2.24) is 4.72 Å². The van der Waals surface area contributed by atoms with Gasteiger partial charge in [-0.2, -0.15) is 0 Å². The molecule has 1 aliphatic rings. The molecule has 1 saturated carbocycles. The summed E-state index contributed by atoms with van der Waals surface area (Å²) in [5.74, 6) is 0. The first-order valence-electron chi connectivity index (χ1n) is 7.28. The van der Waals surface area contributed by atoms with Crippen LogP contribution >= 0.6 is 0 Å². The Hall–Kier alpha value is -1.11. The fraction of sp³-hybridized carbons (Fsp3) is 0.600. The van der Waals surface area contributed by atoms with Crippen molar-refractivity contribution >= 4 is 15.7 Å². The third-order valence-electron chi connectivity index (χ3n) is 3.87. The smallest absolute Gasteiger partial charge is 0.240 e. The van der Waals surface area contributed by atoms with Gasteiger partial charge in [0.1, 0.15) is 0 Å². The maximum atomic E-state index is 12.0. The van der Waals surface area contributed by atoms with Crippen LogP contribution in [0.4, 0.5) is 5.69 Å². The number of anilines is 1. The zero-order valence-corrected chi connectivity index (χ0v) is 13.7. The molecule has 0 heterocycles. The van der Waals surface area contributed by atoms with Crippen LogP contribution in [0.2, 0.25) is 0 Å². The van der Waals surface area contributed by atoms with Gasteiger partial charge in [-0.15, -0.1) is 0 Å². The lowest BCUT2D eigenvalue weighted by atomic mass is 9.80. The van der Waals surface area contributed by atoms with Gasteiger partial charge < -0.3 is 10.1 Å². The number of hydrogen-bond acceptors (Lipinski definition) is 4. The average molecular weight is 312 g/mol. The Morgan fingerprint density at radius 1 is 1.24 bits per heavy atom. The molecule has 0 atom stereocenters. The van der Waals surface area contributed by atoms with Crippen molar-refractivity contribution in [2.75, 3.05) is 19.0 Å². The van der Waals surface area contributed by atoms with Gasteiger partial charge in [-0.05, 0) is 57.4 Å². The Morgan fingerprint density at radius 2 is 1.86 bits per heavy atom. The maximum absolute atomic E-state index is 12.0. The normalized spacial score (nSPS) is 17.5. The second-order valence-corrected chi connectivity index (χ2v) is 7.61. The number of ether oxygens (including phenoxy) is 1. The van der Waals surface area contributed by atoms with E-state index in [0.717, 1.165) is 25.1 Å². The highest BCUT2D eigenvalue weighted by molar-refractivity contribution is 7.89. The van der Waals surface area contributed by atoms with Crippen LogP contribution < -0.4 is 10.0 Å². The summed E-state index contributed by atoms with van der Waals surface area (Å²) in [6.45, 7) is 4.35. The zero-order valence-electron chi connectivity index (χ0n) is 12.8. The largest absolute Gasteiger partial charge is 0.382 e. The number of sulfonamides is 1. The van der Waals surface area contributed by atoms with Gasteiger partial charge in [-0.25, -0.2) is 13.1 Å². The van der Waals surface area contributed by atoms with Crippen LogP contribution in [-0.4, -0.2) is 33.7 Å². The van der Waals surface area contributed by atoms with Crippen molar-refractivity contribution in [2.24, 2.45) is 0 Å². The van der Waals surface area contributed by atoms with Crippen LogP contribution in [0.5, 0.6) is 0 Å². The predicted octanol–water partition coefficient (Wildman–Crippen LogP) is 2.35. The van der Waals surface area contributed by atoms with E-state index in [1.54, 1.807) is 45.2 Å². The lowest BCUT2D eigenvalue weighted by Gasteiger charge is -2.40. The monoisotopic (exact) mass is 312 g/mol. The summed E-state index contributed by atoms with van der Waals surface area (Å²) in [7, 11) is -1.68. The Bertz CT molecular complexity index is 558. The lowest BCUT2D eigenvalue weighted by Crippen LogP contribution is -2.45. The van der Waals surface area contributed by atoms with E-state index in [4.69, 9.17) is 4.74 Å². The van der Waals surface area contributed by atoms with Crippen LogP contribution in [0.15, 0.2) is 29.2 Å². The maximum Gasteiger partial charge on any atom is 0.240 e. The van der Waals surface area contributed by atoms with E-state index in [2.05, 4.69) is 10.0 Å². The minimum absolute atomic E-state index is 0.0516. The van der Waals surface area contributed by atoms with E-state index in [0.29, 0.717) is 0 Å². The lowest BCUT2D eigenvalue weighted by molar-refractivity contribution is -0.0601. The second kappa shape index (κ2) is 6.34. The van der Waals surface area contributed by atoms with Crippen LogP contribution in [0, 0.1) is 0 Å². The van der Waals surface area contributed by atoms with Crippen LogP contribution in [0.1, 0.15) is 33.1 Å². The SMILES string of the molecule is COC1(CNc2ccc(S(=O)(=O)NC(C)C)cc2)CCC1. The van der Waals surface area contributed by atoms with E-state index in [9.17, 15) is 8.42 Å². The second-order valence-electron chi connectivity index (χ2n) is 5.89. The van der Waals surface area contributed by atoms with Crippen molar-refractivity contribution < 1.29 is 13.2 Å². The first kappa shape index (κ1) is 16.3. The molecule has 1 aliphatic carbocycles. The van der Waals surface area contributed by atoms with Crippen molar-refractivity contribution in [1.29, 1.82) is 0 Å². The van der Waals surface area contributed by atoms with Crippen LogP contribution in [-0.2, 0) is 14.8 Å². The van der Waals surface area contributed by atoms with Gasteiger partial charge in [0.05, 0.1) is 10.5 Å². The van der Waals surface area contributed by atoms with Crippen molar-refractivity contribution in [3.63, 3.8) is 0 Å². The molecule has 0 radical (unpaired) electrons. The molecule has 1 aromatic rings. The van der Waals surface area contributed by atoms with Crippen molar-refractivity contribution in [2.45, 2.75) is 49.6 Å². The first-order valence-corrected chi connectivity index (χ1v) is 8.77. The van der Waals surface area contributed by atoms with Gasteiger partial charge in [0, 0.05) is 25.4 Å². The minimum atomic E-state index is -3.42. The summed E-state index contributed by atoms with van der Waals surface area (Å²) in [5, 5.41) is 3.32. The molecule has 0 bridgehead atoms. The van der Waals surface area contributed by atoms with Gasteiger partial charge in [-0.3, -0.25) is 0 Å². The van der Waals surface area contributed by atoms with Gasteiger partial charge >= 0.3 is 0 Å². The third kappa shape index (κ3) is 3.96. The fourth-order valence-electron chi connectivity index (χ4n) is 2.42. The quantitative estimate of drug-likeness (QED) is 0.811. The standard InChI is InChI=1S/C15H24N2O3S/c1-12(2)17-21(18,19)14-7-5-13(6-8-14)16-11-15(20-3)9-4-10-15/h5-8,12,16-17H,4,9-11H2,1-3H3. The van der Waals surface area contributed by atoms with Crippen LogP contribution in [0.25, 0.3) is 0 Å². The van der Waals surface area contributed by atoms with E-state index >= 15 is 0 Å². The highest BCUT2D eigenvalue weighted by Crippen LogP contribution is 2.35. The number of rotatable bonds is 7. The highest BCUT2D eigenvalue weighted by Gasteiger charge is 2.36. The molecule has 1 fully saturated rings. The minimum Gasteiger partial charge on any atom is -0.382 e. The molecule has 118 valence electrons. The first-order chi connectivity index (χ1) is 9.87. The molecule has 21 heavy (non-hydrogen) atoms. The number of hydrogen-bond donors (Lipinski definition) is 2. The summed E-state index contributed by atoms with van der Waals surface area (Å²) in [6, 6.07) is 6.70. The third-order valence-corrected chi connectivity index (χ3v) is 5.54. The Morgan fingerprint density at radius 3 is 2.29 bits per heavy atom. The van der Waals surface area contributed by atoms with E-state index in [1.807, 2.05) is 0 Å². The fourth-order valence-corrected chi connectivity index (χ4v) is 3.67. The van der Waals surface area contributed by atoms with Crippen LogP contribution in [0.3, 0.4) is 0 Å². The Labute approximate surface area is 127 Å². The summed E-state index contributed by atoms with van der Waals surface area (Å²) in [5.41, 5.74) is 0.853. The van der Waals surface area contributed by atoms with Crippen molar-refractivity contribution in [3.8, 4) is 0 Å². The molecule has 2 N–H and O–H groups in total. The highest BCUT2D eigenvalue weighted by atomic mass is 32.2. The molecule has 6 heteroatoms. The van der Waals surface area contributed by atoms with Crippen molar-refractivity contribution in [3.05, 3.63) is 24.3 Å². The Balaban J connectivity index is 1.99. The summed E-state index contributed by atoms with van der Waals surface area (Å²) in [6.07, 6.45) is 3.34. The predicted molar refractivity (Wildman–Crippen MR) is 84.0 cm³/mol.